The van der Waals surface area contributed by atoms with Crippen LogP contribution in [0.15, 0.2) is 84.9 Å². The first-order valence-electron chi connectivity index (χ1n) is 10.4. The van der Waals surface area contributed by atoms with Gasteiger partial charge >= 0.3 is 5.00 Å². The summed E-state index contributed by atoms with van der Waals surface area (Å²) in [5.74, 6) is -0.197. The Morgan fingerprint density at radius 1 is 0.882 bits per heavy atom. The summed E-state index contributed by atoms with van der Waals surface area (Å²) in [4.78, 5) is 31.1. The van der Waals surface area contributed by atoms with Crippen molar-refractivity contribution in [2.45, 2.75) is 0 Å². The minimum absolute atomic E-state index is 0.127. The number of benzene rings is 2. The van der Waals surface area contributed by atoms with Crippen LogP contribution in [0.1, 0.15) is 20.9 Å². The van der Waals surface area contributed by atoms with E-state index in [4.69, 9.17) is 4.98 Å². The number of rotatable bonds is 6. The standard InChI is InChI=1S/C26H17N3O3S2/c30-26(28-17-6-2-1-3-7-17)21-16-18(27-22-9-5-4-8-20(21)22)10-11-19-12-13-23(33-19)24-14-15-25(34-24)29(31)32/h1-16H,(H,28,30)/b11-10+. The molecule has 0 aliphatic rings. The summed E-state index contributed by atoms with van der Waals surface area (Å²) in [5, 5.41) is 14.8. The number of hydrogen-bond acceptors (Lipinski definition) is 6. The van der Waals surface area contributed by atoms with E-state index in [9.17, 15) is 14.9 Å². The van der Waals surface area contributed by atoms with Crippen LogP contribution in [0.2, 0.25) is 0 Å². The van der Waals surface area contributed by atoms with Gasteiger partial charge < -0.3 is 5.32 Å². The highest BCUT2D eigenvalue weighted by molar-refractivity contribution is 7.24. The molecule has 8 heteroatoms. The zero-order valence-corrected chi connectivity index (χ0v) is 19.3. The van der Waals surface area contributed by atoms with Crippen molar-refractivity contribution in [3.63, 3.8) is 0 Å². The summed E-state index contributed by atoms with van der Waals surface area (Å²) in [6, 6.07) is 25.9. The molecular weight excluding hydrogens is 466 g/mol. The fraction of sp³-hybridized carbons (Fsp3) is 0. The van der Waals surface area contributed by atoms with Crippen LogP contribution in [0.5, 0.6) is 0 Å². The van der Waals surface area contributed by atoms with Gasteiger partial charge in [0.05, 0.1) is 26.6 Å². The van der Waals surface area contributed by atoms with Gasteiger partial charge in [-0.3, -0.25) is 14.9 Å². The maximum absolute atomic E-state index is 13.1. The number of nitrogens with one attached hydrogen (secondary N) is 1. The van der Waals surface area contributed by atoms with Crippen LogP contribution >= 0.6 is 22.7 Å². The summed E-state index contributed by atoms with van der Waals surface area (Å²) >= 11 is 2.70. The monoisotopic (exact) mass is 483 g/mol. The second kappa shape index (κ2) is 9.38. The van der Waals surface area contributed by atoms with Gasteiger partial charge in [-0.05, 0) is 54.6 Å². The first-order chi connectivity index (χ1) is 16.6. The smallest absolute Gasteiger partial charge is 0.322 e. The molecule has 5 aromatic rings. The predicted molar refractivity (Wildman–Crippen MR) is 139 cm³/mol. The van der Waals surface area contributed by atoms with Crippen molar-refractivity contribution in [3.8, 4) is 9.75 Å². The number of fused-ring (bicyclic) bond motifs is 1. The maximum atomic E-state index is 13.1. The second-order valence-electron chi connectivity index (χ2n) is 7.36. The quantitative estimate of drug-likeness (QED) is 0.202. The van der Waals surface area contributed by atoms with Crippen molar-refractivity contribution in [3.05, 3.63) is 111 Å². The van der Waals surface area contributed by atoms with Crippen molar-refractivity contribution in [1.29, 1.82) is 0 Å². The van der Waals surface area contributed by atoms with Crippen LogP contribution in [0, 0.1) is 10.1 Å². The number of hydrogen-bond donors (Lipinski definition) is 1. The maximum Gasteiger partial charge on any atom is 0.324 e. The lowest BCUT2D eigenvalue weighted by molar-refractivity contribution is -0.380. The van der Waals surface area contributed by atoms with E-state index in [1.807, 2.05) is 78.9 Å². The fourth-order valence-corrected chi connectivity index (χ4v) is 5.31. The first kappa shape index (κ1) is 21.7. The van der Waals surface area contributed by atoms with E-state index in [0.717, 1.165) is 42.6 Å². The number of nitrogens with zero attached hydrogens (tertiary/aromatic N) is 2. The van der Waals surface area contributed by atoms with E-state index < -0.39 is 0 Å². The number of thiophene rings is 2. The number of carbonyl (C=O) groups is 1. The lowest BCUT2D eigenvalue weighted by Crippen LogP contribution is -2.13. The van der Waals surface area contributed by atoms with Gasteiger partial charge in [0.15, 0.2) is 0 Å². The third-order valence-electron chi connectivity index (χ3n) is 5.07. The Labute approximate surface area is 203 Å². The number of carbonyl (C=O) groups excluding carboxylic acids is 1. The summed E-state index contributed by atoms with van der Waals surface area (Å²) < 4.78 is 0. The van der Waals surface area contributed by atoms with Crippen LogP contribution in [0.25, 0.3) is 32.8 Å². The zero-order chi connectivity index (χ0) is 23.5. The largest absolute Gasteiger partial charge is 0.324 e. The summed E-state index contributed by atoms with van der Waals surface area (Å²) in [7, 11) is 0. The summed E-state index contributed by atoms with van der Waals surface area (Å²) in [5.41, 5.74) is 2.68. The molecule has 0 saturated heterocycles. The van der Waals surface area contributed by atoms with Gasteiger partial charge in [-0.2, -0.15) is 0 Å². The molecule has 0 bridgehead atoms. The Morgan fingerprint density at radius 2 is 1.62 bits per heavy atom. The highest BCUT2D eigenvalue weighted by Crippen LogP contribution is 2.37. The van der Waals surface area contributed by atoms with Gasteiger partial charge in [0, 0.05) is 26.9 Å². The van der Waals surface area contributed by atoms with Crippen molar-refractivity contribution in [1.82, 2.24) is 4.98 Å². The highest BCUT2D eigenvalue weighted by Gasteiger charge is 2.14. The second-order valence-corrected chi connectivity index (χ2v) is 9.54. The Bertz CT molecular complexity index is 1540. The molecule has 0 fully saturated rings. The van der Waals surface area contributed by atoms with Crippen LogP contribution < -0.4 is 5.32 Å². The van der Waals surface area contributed by atoms with Crippen molar-refractivity contribution in [2.75, 3.05) is 5.32 Å². The summed E-state index contributed by atoms with van der Waals surface area (Å²) in [6.45, 7) is 0. The molecule has 0 spiro atoms. The average Bonchev–Trinajstić information content (AvgIpc) is 3.53. The SMILES string of the molecule is O=C(Nc1ccccc1)c1cc(/C=C/c2ccc(-c3ccc([N+](=O)[O-])s3)s2)nc2ccccc12. The van der Waals surface area contributed by atoms with Crippen LogP contribution in [-0.4, -0.2) is 15.8 Å². The molecule has 6 nitrogen and oxygen atoms in total. The molecule has 2 aromatic carbocycles. The highest BCUT2D eigenvalue weighted by atomic mass is 32.1. The molecule has 0 saturated carbocycles. The molecule has 34 heavy (non-hydrogen) atoms. The number of pyridine rings is 1. The zero-order valence-electron chi connectivity index (χ0n) is 17.7. The lowest BCUT2D eigenvalue weighted by atomic mass is 10.1. The fourth-order valence-electron chi connectivity index (χ4n) is 3.49. The molecule has 0 radical (unpaired) electrons. The minimum Gasteiger partial charge on any atom is -0.322 e. The normalized spacial score (nSPS) is 11.2. The molecule has 0 aliphatic carbocycles. The average molecular weight is 484 g/mol. The third kappa shape index (κ3) is 4.63. The molecular formula is C26H17N3O3S2. The van der Waals surface area contributed by atoms with Gasteiger partial charge in [-0.25, -0.2) is 4.98 Å². The van der Waals surface area contributed by atoms with E-state index in [1.165, 1.54) is 6.07 Å². The van der Waals surface area contributed by atoms with E-state index in [0.29, 0.717) is 11.3 Å². The Hall–Kier alpha value is -4.14. The Balaban J connectivity index is 1.43. The third-order valence-corrected chi connectivity index (χ3v) is 7.36. The van der Waals surface area contributed by atoms with Crippen molar-refractivity contribution in [2.24, 2.45) is 0 Å². The number of aromatic nitrogens is 1. The molecule has 5 rings (SSSR count). The van der Waals surface area contributed by atoms with Crippen LogP contribution in [-0.2, 0) is 0 Å². The number of anilines is 1. The van der Waals surface area contributed by atoms with Gasteiger partial charge in [0.1, 0.15) is 0 Å². The van der Waals surface area contributed by atoms with Crippen molar-refractivity contribution < 1.29 is 9.72 Å². The molecule has 0 aliphatic heterocycles. The number of para-hydroxylation sites is 2. The lowest BCUT2D eigenvalue weighted by Gasteiger charge is -2.09. The molecule has 1 N–H and O–H groups in total. The topological polar surface area (TPSA) is 85.1 Å². The molecule has 3 heterocycles. The molecule has 1 amide bonds. The predicted octanol–water partition coefficient (Wildman–Crippen LogP) is 7.36. The summed E-state index contributed by atoms with van der Waals surface area (Å²) in [6.07, 6.45) is 3.81. The van der Waals surface area contributed by atoms with E-state index in [-0.39, 0.29) is 15.8 Å². The molecule has 3 aromatic heterocycles. The molecule has 0 unspecified atom stereocenters. The Kier molecular flexibility index (Phi) is 5.99. The Morgan fingerprint density at radius 3 is 2.41 bits per heavy atom. The minimum atomic E-state index is -0.375. The van der Waals surface area contributed by atoms with Gasteiger partial charge in [0.25, 0.3) is 5.91 Å². The van der Waals surface area contributed by atoms with E-state index in [2.05, 4.69) is 5.32 Å². The van der Waals surface area contributed by atoms with Gasteiger partial charge in [-0.1, -0.05) is 47.7 Å². The van der Waals surface area contributed by atoms with E-state index in [1.54, 1.807) is 23.5 Å². The van der Waals surface area contributed by atoms with Crippen LogP contribution in [0.3, 0.4) is 0 Å². The first-order valence-corrected chi connectivity index (χ1v) is 12.0. The number of nitro groups is 1. The van der Waals surface area contributed by atoms with Gasteiger partial charge in [0.2, 0.25) is 0 Å². The van der Waals surface area contributed by atoms with Gasteiger partial charge in [-0.15, -0.1) is 11.3 Å². The molecule has 166 valence electrons. The molecule has 0 atom stereocenters. The number of amides is 1. The van der Waals surface area contributed by atoms with Crippen molar-refractivity contribution >= 4 is 62.3 Å². The van der Waals surface area contributed by atoms with E-state index >= 15 is 0 Å². The van der Waals surface area contributed by atoms with Crippen LogP contribution in [0.4, 0.5) is 10.7 Å².